The van der Waals surface area contributed by atoms with Crippen LogP contribution in [0.2, 0.25) is 0 Å². The van der Waals surface area contributed by atoms with Crippen LogP contribution in [0.25, 0.3) is 0 Å². The third kappa shape index (κ3) is 24.5. The molecular weight excluding hydrogens is 546 g/mol. The van der Waals surface area contributed by atoms with E-state index < -0.39 is 29.5 Å². The Kier molecular flexibility index (Phi) is 19.0. The highest BCUT2D eigenvalue weighted by molar-refractivity contribution is 5.79. The number of unbranched alkanes of at least 4 members (excludes halogenated alkanes) is 2. The van der Waals surface area contributed by atoms with Gasteiger partial charge >= 0.3 is 12.2 Å². The number of hydrogen-bond donors (Lipinski definition) is 6. The normalized spacial score (nSPS) is 12.1. The van der Waals surface area contributed by atoms with Crippen LogP contribution in [0.15, 0.2) is 4.99 Å². The first kappa shape index (κ1) is 38.7. The molecule has 0 spiro atoms. The number of alkyl carbamates (subject to hydrolysis) is 1. The standard InChI is InChI=1S/C28H55N7O7/c1-27(2,3)41-25(39)34-16-11-19-35(26(40)42-28(4,5)6)18-10-9-14-31-22(37)13-17-32-23(38)20-21(36)12-7-8-15-33-24(29)30/h21,36H,7-20H2,1-6H3,(H,31,37)(H,32,38)(H,34,39)(H4,29,30,33). The molecule has 0 aliphatic rings. The number of rotatable bonds is 19. The van der Waals surface area contributed by atoms with Crippen molar-refractivity contribution in [2.24, 2.45) is 16.5 Å². The topological polar surface area (TPSA) is 211 Å². The summed E-state index contributed by atoms with van der Waals surface area (Å²) in [6.45, 7) is 13.0. The minimum atomic E-state index is -0.764. The summed E-state index contributed by atoms with van der Waals surface area (Å²) in [7, 11) is 0. The zero-order chi connectivity index (χ0) is 32.2. The maximum Gasteiger partial charge on any atom is 0.410 e. The monoisotopic (exact) mass is 601 g/mol. The number of carbonyl (C=O) groups is 4. The Bertz CT molecular complexity index is 851. The zero-order valence-electron chi connectivity index (χ0n) is 26.4. The van der Waals surface area contributed by atoms with E-state index in [1.54, 1.807) is 46.4 Å². The third-order valence-electron chi connectivity index (χ3n) is 5.44. The molecule has 0 saturated carbocycles. The van der Waals surface area contributed by atoms with Gasteiger partial charge in [-0.05, 0) is 80.1 Å². The molecule has 0 aromatic heterocycles. The third-order valence-corrected chi connectivity index (χ3v) is 5.44. The fourth-order valence-electron chi connectivity index (χ4n) is 3.54. The smallest absolute Gasteiger partial charge is 0.410 e. The van der Waals surface area contributed by atoms with E-state index in [1.165, 1.54) is 0 Å². The molecule has 4 amide bonds. The van der Waals surface area contributed by atoms with E-state index in [0.29, 0.717) is 71.2 Å². The molecule has 14 heteroatoms. The number of nitrogens with one attached hydrogen (secondary N) is 3. The number of guanidine groups is 1. The second-order valence-corrected chi connectivity index (χ2v) is 12.1. The average Bonchev–Trinajstić information content (AvgIpc) is 2.82. The summed E-state index contributed by atoms with van der Waals surface area (Å²) >= 11 is 0. The quantitative estimate of drug-likeness (QED) is 0.0722. The van der Waals surface area contributed by atoms with E-state index in [9.17, 15) is 24.3 Å². The molecule has 244 valence electrons. The molecule has 0 saturated heterocycles. The average molecular weight is 602 g/mol. The lowest BCUT2D eigenvalue weighted by molar-refractivity contribution is -0.123. The summed E-state index contributed by atoms with van der Waals surface area (Å²) in [6, 6.07) is 0. The van der Waals surface area contributed by atoms with Crippen molar-refractivity contribution in [3.8, 4) is 0 Å². The fourth-order valence-corrected chi connectivity index (χ4v) is 3.54. The van der Waals surface area contributed by atoms with Crippen LogP contribution in [0.3, 0.4) is 0 Å². The van der Waals surface area contributed by atoms with Gasteiger partial charge in [-0.3, -0.25) is 14.6 Å². The Hall–Kier alpha value is -3.29. The van der Waals surface area contributed by atoms with Gasteiger partial charge in [0.2, 0.25) is 11.8 Å². The first-order valence-corrected chi connectivity index (χ1v) is 14.7. The second kappa shape index (κ2) is 20.6. The zero-order valence-corrected chi connectivity index (χ0v) is 26.4. The van der Waals surface area contributed by atoms with Crippen molar-refractivity contribution >= 4 is 30.0 Å². The minimum absolute atomic E-state index is 0.0296. The molecule has 0 aliphatic heterocycles. The highest BCUT2D eigenvalue weighted by Crippen LogP contribution is 2.11. The molecule has 0 aromatic rings. The first-order valence-electron chi connectivity index (χ1n) is 14.7. The highest BCUT2D eigenvalue weighted by Gasteiger charge is 2.22. The van der Waals surface area contributed by atoms with Gasteiger partial charge in [-0.1, -0.05) is 0 Å². The van der Waals surface area contributed by atoms with Crippen LogP contribution in [0.1, 0.15) is 92.9 Å². The predicted molar refractivity (Wildman–Crippen MR) is 162 cm³/mol. The lowest BCUT2D eigenvalue weighted by Crippen LogP contribution is -2.40. The van der Waals surface area contributed by atoms with Crippen LogP contribution in [0.4, 0.5) is 9.59 Å². The molecule has 0 fully saturated rings. The Balaban J connectivity index is 4.25. The van der Waals surface area contributed by atoms with Crippen molar-refractivity contribution in [3.05, 3.63) is 0 Å². The summed E-state index contributed by atoms with van der Waals surface area (Å²) in [5, 5.41) is 18.1. The second-order valence-electron chi connectivity index (χ2n) is 12.1. The molecule has 0 radical (unpaired) electrons. The van der Waals surface area contributed by atoms with Crippen molar-refractivity contribution in [2.45, 2.75) is 110 Å². The molecule has 0 heterocycles. The molecule has 1 unspecified atom stereocenters. The molecule has 42 heavy (non-hydrogen) atoms. The van der Waals surface area contributed by atoms with Crippen LogP contribution in [0.5, 0.6) is 0 Å². The van der Waals surface area contributed by atoms with Crippen LogP contribution >= 0.6 is 0 Å². The number of nitrogens with zero attached hydrogens (tertiary/aromatic N) is 2. The van der Waals surface area contributed by atoms with E-state index in [1.807, 2.05) is 0 Å². The van der Waals surface area contributed by atoms with E-state index >= 15 is 0 Å². The number of amides is 4. The van der Waals surface area contributed by atoms with Crippen molar-refractivity contribution in [1.29, 1.82) is 0 Å². The molecule has 8 N–H and O–H groups in total. The van der Waals surface area contributed by atoms with Gasteiger partial charge < -0.3 is 46.9 Å². The Morgan fingerprint density at radius 1 is 0.786 bits per heavy atom. The molecule has 0 bridgehead atoms. The number of aliphatic hydroxyl groups excluding tert-OH is 1. The lowest BCUT2D eigenvalue weighted by Gasteiger charge is -2.27. The van der Waals surface area contributed by atoms with Gasteiger partial charge in [-0.2, -0.15) is 0 Å². The molecule has 0 aromatic carbocycles. The van der Waals surface area contributed by atoms with Gasteiger partial charge in [0, 0.05) is 45.7 Å². The van der Waals surface area contributed by atoms with Gasteiger partial charge in [-0.15, -0.1) is 0 Å². The molecule has 14 nitrogen and oxygen atoms in total. The number of hydrogen-bond acceptors (Lipinski definition) is 8. The molecule has 1 atom stereocenters. The Morgan fingerprint density at radius 2 is 1.38 bits per heavy atom. The Morgan fingerprint density at radius 3 is 2.00 bits per heavy atom. The van der Waals surface area contributed by atoms with E-state index in [2.05, 4.69) is 20.9 Å². The first-order chi connectivity index (χ1) is 19.5. The molecule has 0 aliphatic carbocycles. The number of aliphatic imine (C=N–C) groups is 1. The van der Waals surface area contributed by atoms with E-state index in [4.69, 9.17) is 20.9 Å². The maximum atomic E-state index is 12.6. The van der Waals surface area contributed by atoms with Crippen molar-refractivity contribution in [1.82, 2.24) is 20.9 Å². The number of nitrogens with two attached hydrogens (primary N) is 2. The lowest BCUT2D eigenvalue weighted by atomic mass is 10.1. The van der Waals surface area contributed by atoms with Crippen LogP contribution in [-0.4, -0.2) is 96.5 Å². The minimum Gasteiger partial charge on any atom is -0.444 e. The number of ether oxygens (including phenoxy) is 2. The van der Waals surface area contributed by atoms with Gasteiger partial charge in [0.05, 0.1) is 12.5 Å². The Labute approximate surface area is 250 Å². The van der Waals surface area contributed by atoms with Crippen LogP contribution in [-0.2, 0) is 19.1 Å². The van der Waals surface area contributed by atoms with Crippen LogP contribution in [0, 0.1) is 0 Å². The number of carbonyl (C=O) groups excluding carboxylic acids is 4. The number of aliphatic hydroxyl groups is 1. The summed E-state index contributed by atoms with van der Waals surface area (Å²) in [4.78, 5) is 54.0. The van der Waals surface area contributed by atoms with Crippen LogP contribution < -0.4 is 27.4 Å². The van der Waals surface area contributed by atoms with Gasteiger partial charge in [0.25, 0.3) is 0 Å². The van der Waals surface area contributed by atoms with Gasteiger partial charge in [-0.25, -0.2) is 9.59 Å². The largest absolute Gasteiger partial charge is 0.444 e. The SMILES string of the molecule is CC(C)(C)OC(=O)NCCCN(CCCCNC(=O)CCNC(=O)CC(O)CCCCN=C(N)N)C(=O)OC(C)(C)C. The summed E-state index contributed by atoms with van der Waals surface area (Å²) in [5.41, 5.74) is 9.28. The summed E-state index contributed by atoms with van der Waals surface area (Å²) in [6.07, 6.45) is 2.05. The van der Waals surface area contributed by atoms with E-state index in [0.717, 1.165) is 0 Å². The van der Waals surface area contributed by atoms with E-state index in [-0.39, 0.29) is 37.2 Å². The maximum absolute atomic E-state index is 12.6. The van der Waals surface area contributed by atoms with Crippen molar-refractivity contribution in [2.75, 3.05) is 39.3 Å². The summed E-state index contributed by atoms with van der Waals surface area (Å²) in [5.74, 6) is -0.488. The molecule has 0 rings (SSSR count). The van der Waals surface area contributed by atoms with Crippen molar-refractivity contribution in [3.63, 3.8) is 0 Å². The predicted octanol–water partition coefficient (Wildman–Crippen LogP) is 1.74. The highest BCUT2D eigenvalue weighted by atomic mass is 16.6. The summed E-state index contributed by atoms with van der Waals surface area (Å²) < 4.78 is 10.7. The molecular formula is C28H55N7O7. The van der Waals surface area contributed by atoms with Crippen molar-refractivity contribution < 1.29 is 33.8 Å². The van der Waals surface area contributed by atoms with Gasteiger partial charge in [0.1, 0.15) is 11.2 Å². The van der Waals surface area contributed by atoms with Gasteiger partial charge in [0.15, 0.2) is 5.96 Å². The fraction of sp³-hybridized carbons (Fsp3) is 0.821.